The largest absolute Gasteiger partial charge is 0.313 e. The van der Waals surface area contributed by atoms with Crippen molar-refractivity contribution in [2.24, 2.45) is 7.05 Å². The van der Waals surface area contributed by atoms with Crippen LogP contribution in [-0.2, 0) is 7.05 Å². The molecule has 4 aromatic heterocycles. The Morgan fingerprint density at radius 2 is 1.83 bits per heavy atom. The third-order valence-electron chi connectivity index (χ3n) is 4.82. The van der Waals surface area contributed by atoms with Crippen LogP contribution in [0.2, 0.25) is 0 Å². The quantitative estimate of drug-likeness (QED) is 0.403. The number of pyridine rings is 1. The van der Waals surface area contributed by atoms with Crippen molar-refractivity contribution in [3.8, 4) is 0 Å². The number of para-hydroxylation sites is 2. The van der Waals surface area contributed by atoms with Crippen molar-refractivity contribution >= 4 is 59.4 Å². The molecule has 0 unspecified atom stereocenters. The van der Waals surface area contributed by atoms with E-state index in [1.807, 2.05) is 12.4 Å². The molecule has 114 valence electrons. The maximum absolute atomic E-state index is 4.90. The van der Waals surface area contributed by atoms with Gasteiger partial charge in [-0.25, -0.2) is 4.98 Å². The van der Waals surface area contributed by atoms with Crippen LogP contribution in [0.1, 0.15) is 0 Å². The number of hydrogen-bond donors (Lipinski definition) is 0. The molecule has 4 nitrogen and oxygen atoms in total. The molecule has 0 aliphatic rings. The molecule has 0 bridgehead atoms. The predicted molar refractivity (Wildman–Crippen MR) is 99.9 cm³/mol. The molecule has 4 heterocycles. The van der Waals surface area contributed by atoms with Crippen LogP contribution < -0.4 is 0 Å². The molecule has 0 saturated heterocycles. The average molecular weight is 328 g/mol. The van der Waals surface area contributed by atoms with Gasteiger partial charge < -0.3 is 4.57 Å². The summed E-state index contributed by atoms with van der Waals surface area (Å²) in [7, 11) is 2.08. The van der Waals surface area contributed by atoms with Crippen molar-refractivity contribution in [2.45, 2.75) is 0 Å². The summed E-state index contributed by atoms with van der Waals surface area (Å²) in [5.41, 5.74) is 4.62. The highest BCUT2D eigenvalue weighted by molar-refractivity contribution is 7.26. The number of aryl methyl sites for hydroxylation is 1. The molecule has 0 aliphatic carbocycles. The number of hydrogen-bond acceptors (Lipinski definition) is 3. The van der Waals surface area contributed by atoms with Gasteiger partial charge in [0.2, 0.25) is 5.78 Å². The van der Waals surface area contributed by atoms with E-state index in [1.165, 1.54) is 36.7 Å². The zero-order chi connectivity index (χ0) is 15.8. The maximum Gasteiger partial charge on any atom is 0.215 e. The lowest BCUT2D eigenvalue weighted by Gasteiger charge is -1.98. The smallest absolute Gasteiger partial charge is 0.215 e. The lowest BCUT2D eigenvalue weighted by molar-refractivity contribution is 0.974. The van der Waals surface area contributed by atoms with Crippen LogP contribution in [0.25, 0.3) is 48.0 Å². The number of benzene rings is 2. The monoisotopic (exact) mass is 328 g/mol. The van der Waals surface area contributed by atoms with Gasteiger partial charge in [-0.05, 0) is 30.3 Å². The average Bonchev–Trinajstić information content (AvgIpc) is 3.25. The van der Waals surface area contributed by atoms with Gasteiger partial charge in [0.1, 0.15) is 0 Å². The first-order chi connectivity index (χ1) is 11.8. The van der Waals surface area contributed by atoms with E-state index in [0.29, 0.717) is 0 Å². The molecule has 2 aromatic carbocycles. The molecule has 6 aromatic rings. The number of imidazole rings is 2. The van der Waals surface area contributed by atoms with E-state index in [2.05, 4.69) is 63.5 Å². The van der Waals surface area contributed by atoms with E-state index >= 15 is 0 Å². The summed E-state index contributed by atoms with van der Waals surface area (Å²) in [5, 5.41) is 2.53. The molecule has 6 rings (SSSR count). The lowest BCUT2D eigenvalue weighted by Crippen LogP contribution is -1.87. The zero-order valence-electron chi connectivity index (χ0n) is 12.9. The second-order valence-electron chi connectivity index (χ2n) is 6.08. The minimum Gasteiger partial charge on any atom is -0.313 e. The van der Waals surface area contributed by atoms with Crippen molar-refractivity contribution < 1.29 is 0 Å². The van der Waals surface area contributed by atoms with Gasteiger partial charge in [0.25, 0.3) is 0 Å². The number of rotatable bonds is 0. The first kappa shape index (κ1) is 12.5. The van der Waals surface area contributed by atoms with Crippen LogP contribution in [0, 0.1) is 0 Å². The van der Waals surface area contributed by atoms with Gasteiger partial charge in [0, 0.05) is 34.9 Å². The van der Waals surface area contributed by atoms with E-state index in [9.17, 15) is 0 Å². The fourth-order valence-electron chi connectivity index (χ4n) is 3.77. The van der Waals surface area contributed by atoms with Gasteiger partial charge in [0.15, 0.2) is 0 Å². The molecule has 0 atom stereocenters. The number of fused-ring (bicyclic) bond motifs is 9. The Morgan fingerprint density at radius 3 is 2.75 bits per heavy atom. The summed E-state index contributed by atoms with van der Waals surface area (Å²) >= 11 is 1.79. The third kappa shape index (κ3) is 1.35. The van der Waals surface area contributed by atoms with Crippen molar-refractivity contribution in [1.29, 1.82) is 0 Å². The van der Waals surface area contributed by atoms with Crippen molar-refractivity contribution in [3.05, 3.63) is 54.9 Å². The van der Waals surface area contributed by atoms with E-state index in [-0.39, 0.29) is 0 Å². The predicted octanol–water partition coefficient (Wildman–Crippen LogP) is 4.74. The van der Waals surface area contributed by atoms with Gasteiger partial charge in [-0.2, -0.15) is 0 Å². The maximum atomic E-state index is 4.90. The molecule has 0 radical (unpaired) electrons. The van der Waals surface area contributed by atoms with E-state index < -0.39 is 0 Å². The fourth-order valence-corrected chi connectivity index (χ4v) is 4.84. The SMILES string of the molecule is Cn1c2ccccc2n2c3c(ccc4sc5cnccc5c43)nc12. The standard InChI is InChI=1S/C19H12N4S/c1-22-13-4-2-3-5-14(13)23-18-12(21-19(22)23)6-7-15-17(18)11-8-9-20-10-16(11)24-15/h2-10H,1H3. The van der Waals surface area contributed by atoms with Crippen LogP contribution in [0.15, 0.2) is 54.9 Å². The Balaban J connectivity index is 2.02. The Labute approximate surface area is 140 Å². The highest BCUT2D eigenvalue weighted by Gasteiger charge is 2.17. The van der Waals surface area contributed by atoms with Crippen molar-refractivity contribution in [2.75, 3.05) is 0 Å². The Morgan fingerprint density at radius 1 is 0.958 bits per heavy atom. The molecule has 0 amide bonds. The minimum atomic E-state index is 0.979. The molecular weight excluding hydrogens is 316 g/mol. The molecule has 0 saturated carbocycles. The minimum absolute atomic E-state index is 0.979. The third-order valence-corrected chi connectivity index (χ3v) is 5.93. The summed E-state index contributed by atoms with van der Waals surface area (Å²) in [6.07, 6.45) is 3.82. The van der Waals surface area contributed by atoms with Crippen LogP contribution in [0.5, 0.6) is 0 Å². The molecule has 0 aliphatic heterocycles. The van der Waals surface area contributed by atoms with Gasteiger partial charge in [-0.15, -0.1) is 11.3 Å². The summed E-state index contributed by atoms with van der Waals surface area (Å²) in [6.45, 7) is 0. The van der Waals surface area contributed by atoms with E-state index in [4.69, 9.17) is 4.98 Å². The van der Waals surface area contributed by atoms with Crippen LogP contribution in [0.3, 0.4) is 0 Å². The molecule has 0 fully saturated rings. The highest BCUT2D eigenvalue weighted by Crippen LogP contribution is 2.39. The summed E-state index contributed by atoms with van der Waals surface area (Å²) in [6, 6.07) is 14.9. The summed E-state index contributed by atoms with van der Waals surface area (Å²) in [4.78, 5) is 9.18. The fraction of sp³-hybridized carbons (Fsp3) is 0.0526. The molecule has 0 spiro atoms. The van der Waals surface area contributed by atoms with Gasteiger partial charge in [0.05, 0.1) is 26.8 Å². The second-order valence-corrected chi connectivity index (χ2v) is 7.16. The molecule has 0 N–H and O–H groups in total. The highest BCUT2D eigenvalue weighted by atomic mass is 32.1. The number of thiophene rings is 1. The zero-order valence-corrected chi connectivity index (χ0v) is 13.7. The first-order valence-electron chi connectivity index (χ1n) is 7.84. The Hall–Kier alpha value is -2.92. The van der Waals surface area contributed by atoms with Crippen molar-refractivity contribution in [1.82, 2.24) is 18.9 Å². The van der Waals surface area contributed by atoms with Crippen LogP contribution >= 0.6 is 11.3 Å². The molecule has 5 heteroatoms. The van der Waals surface area contributed by atoms with Gasteiger partial charge in [-0.1, -0.05) is 12.1 Å². The lowest BCUT2D eigenvalue weighted by atomic mass is 10.1. The molecular formula is C19H12N4S. The van der Waals surface area contributed by atoms with E-state index in [1.54, 1.807) is 11.3 Å². The number of nitrogens with zero attached hydrogens (tertiary/aromatic N) is 4. The topological polar surface area (TPSA) is 35.1 Å². The number of aromatic nitrogens is 4. The van der Waals surface area contributed by atoms with Gasteiger partial charge in [-0.3, -0.25) is 9.38 Å². The van der Waals surface area contributed by atoms with Gasteiger partial charge >= 0.3 is 0 Å². The van der Waals surface area contributed by atoms with Crippen LogP contribution in [-0.4, -0.2) is 18.9 Å². The second kappa shape index (κ2) is 4.13. The van der Waals surface area contributed by atoms with Crippen LogP contribution in [0.4, 0.5) is 0 Å². The Kier molecular flexibility index (Phi) is 2.15. The first-order valence-corrected chi connectivity index (χ1v) is 8.65. The Bertz CT molecular complexity index is 1420. The summed E-state index contributed by atoms with van der Waals surface area (Å²) < 4.78 is 6.95. The van der Waals surface area contributed by atoms with E-state index in [0.717, 1.165) is 11.3 Å². The normalized spacial score (nSPS) is 12.4. The van der Waals surface area contributed by atoms with Crippen molar-refractivity contribution in [3.63, 3.8) is 0 Å². The summed E-state index contributed by atoms with van der Waals surface area (Å²) in [5.74, 6) is 0.979. The molecule has 24 heavy (non-hydrogen) atoms.